The lowest BCUT2D eigenvalue weighted by molar-refractivity contribution is -0.0504. The van der Waals surface area contributed by atoms with Gasteiger partial charge < -0.3 is 19.9 Å². The van der Waals surface area contributed by atoms with E-state index in [0.717, 1.165) is 5.56 Å². The molecule has 0 spiro atoms. The lowest BCUT2D eigenvalue weighted by Crippen LogP contribution is -2.38. The van der Waals surface area contributed by atoms with E-state index in [-0.39, 0.29) is 12.3 Å². The van der Waals surface area contributed by atoms with Gasteiger partial charge in [-0.15, -0.1) is 0 Å². The van der Waals surface area contributed by atoms with Crippen LogP contribution in [0.25, 0.3) is 0 Å². The molecule has 1 aromatic carbocycles. The molecule has 0 unspecified atom stereocenters. The molecule has 0 aliphatic rings. The number of nitrogens with zero attached hydrogens (tertiary/aromatic N) is 3. The van der Waals surface area contributed by atoms with E-state index in [9.17, 15) is 8.78 Å². The minimum atomic E-state index is -2.87. The van der Waals surface area contributed by atoms with E-state index in [0.29, 0.717) is 42.7 Å². The van der Waals surface area contributed by atoms with Crippen molar-refractivity contribution in [2.24, 2.45) is 4.99 Å². The first-order valence-corrected chi connectivity index (χ1v) is 8.33. The molecule has 9 heteroatoms. The fourth-order valence-corrected chi connectivity index (χ4v) is 2.28. The van der Waals surface area contributed by atoms with Gasteiger partial charge in [0.1, 0.15) is 5.75 Å². The van der Waals surface area contributed by atoms with E-state index in [4.69, 9.17) is 4.52 Å². The second-order valence-corrected chi connectivity index (χ2v) is 5.60. The number of hydrogen-bond donors (Lipinski definition) is 2. The normalized spacial score (nSPS) is 11.7. The summed E-state index contributed by atoms with van der Waals surface area (Å²) in [5.41, 5.74) is 1.54. The van der Waals surface area contributed by atoms with Gasteiger partial charge in [0.15, 0.2) is 11.8 Å². The summed E-state index contributed by atoms with van der Waals surface area (Å²) < 4.78 is 34.7. The van der Waals surface area contributed by atoms with Crippen molar-refractivity contribution in [3.63, 3.8) is 0 Å². The van der Waals surface area contributed by atoms with E-state index < -0.39 is 6.61 Å². The second-order valence-electron chi connectivity index (χ2n) is 5.60. The molecule has 0 saturated carbocycles. The summed E-state index contributed by atoms with van der Waals surface area (Å²) in [7, 11) is 0. The lowest BCUT2D eigenvalue weighted by Gasteiger charge is -2.13. The molecule has 142 valence electrons. The fourth-order valence-electron chi connectivity index (χ4n) is 2.28. The molecule has 0 bridgehead atoms. The van der Waals surface area contributed by atoms with Crippen molar-refractivity contribution < 1.29 is 18.0 Å². The van der Waals surface area contributed by atoms with Crippen molar-refractivity contribution >= 4 is 5.96 Å². The molecule has 7 nitrogen and oxygen atoms in total. The summed E-state index contributed by atoms with van der Waals surface area (Å²) >= 11 is 0. The van der Waals surface area contributed by atoms with E-state index >= 15 is 0 Å². The highest BCUT2D eigenvalue weighted by Crippen LogP contribution is 2.22. The molecule has 2 rings (SSSR count). The van der Waals surface area contributed by atoms with Gasteiger partial charge >= 0.3 is 6.61 Å². The van der Waals surface area contributed by atoms with Crippen molar-refractivity contribution in [3.05, 3.63) is 41.0 Å². The topological polar surface area (TPSA) is 84.6 Å². The van der Waals surface area contributed by atoms with E-state index in [1.54, 1.807) is 19.1 Å². The van der Waals surface area contributed by atoms with Crippen LogP contribution in [0.3, 0.4) is 0 Å². The molecule has 0 amide bonds. The molecule has 0 radical (unpaired) electrons. The first kappa shape index (κ1) is 19.6. The molecule has 0 saturated heterocycles. The summed E-state index contributed by atoms with van der Waals surface area (Å²) in [4.78, 5) is 8.56. The molecule has 1 heterocycles. The van der Waals surface area contributed by atoms with Crippen LogP contribution in [-0.4, -0.2) is 35.8 Å². The van der Waals surface area contributed by atoms with Crippen molar-refractivity contribution in [1.82, 2.24) is 20.8 Å². The maximum absolute atomic E-state index is 12.5. The third-order valence-electron chi connectivity index (χ3n) is 3.38. The molecular formula is C17H23F2N5O2. The summed E-state index contributed by atoms with van der Waals surface area (Å²) in [6.07, 6.45) is 0.551. The van der Waals surface area contributed by atoms with Crippen LogP contribution in [0.15, 0.2) is 27.7 Å². The second kappa shape index (κ2) is 9.69. The quantitative estimate of drug-likeness (QED) is 0.551. The van der Waals surface area contributed by atoms with Crippen LogP contribution >= 0.6 is 0 Å². The van der Waals surface area contributed by atoms with E-state index in [1.165, 1.54) is 6.07 Å². The van der Waals surface area contributed by atoms with E-state index in [2.05, 4.69) is 30.5 Å². The number of hydrogen-bond acceptors (Lipinski definition) is 5. The lowest BCUT2D eigenvalue weighted by atomic mass is 10.1. The number of guanidine groups is 1. The van der Waals surface area contributed by atoms with Crippen LogP contribution in [0.4, 0.5) is 8.78 Å². The summed E-state index contributed by atoms with van der Waals surface area (Å²) in [6, 6.07) is 5.04. The van der Waals surface area contributed by atoms with Crippen molar-refractivity contribution in [1.29, 1.82) is 0 Å². The highest BCUT2D eigenvalue weighted by Gasteiger charge is 2.10. The molecule has 2 N–H and O–H groups in total. The Labute approximate surface area is 150 Å². The molecule has 26 heavy (non-hydrogen) atoms. The minimum absolute atomic E-state index is 0.131. The fraction of sp³-hybridized carbons (Fsp3) is 0.471. The SMILES string of the molecule is CCNC(=NCc1cc(C)ccc1OC(F)F)NCCc1nc(C)no1. The third kappa shape index (κ3) is 6.30. The van der Waals surface area contributed by atoms with Crippen molar-refractivity contribution in [3.8, 4) is 5.75 Å². The number of halogens is 2. The smallest absolute Gasteiger partial charge is 0.387 e. The van der Waals surface area contributed by atoms with Crippen molar-refractivity contribution in [2.45, 2.75) is 40.3 Å². The van der Waals surface area contributed by atoms with Gasteiger partial charge in [-0.2, -0.15) is 13.8 Å². The zero-order chi connectivity index (χ0) is 18.9. The number of rotatable bonds is 8. The Bertz CT molecular complexity index is 734. The highest BCUT2D eigenvalue weighted by atomic mass is 19.3. The first-order valence-electron chi connectivity index (χ1n) is 8.33. The van der Waals surface area contributed by atoms with Gasteiger partial charge in [0.25, 0.3) is 0 Å². The molecule has 0 aliphatic heterocycles. The number of aromatic nitrogens is 2. The Hall–Kier alpha value is -2.71. The third-order valence-corrected chi connectivity index (χ3v) is 3.38. The van der Waals surface area contributed by atoms with E-state index in [1.807, 2.05) is 13.8 Å². The van der Waals surface area contributed by atoms with Gasteiger partial charge in [-0.05, 0) is 26.8 Å². The average molecular weight is 367 g/mol. The van der Waals surface area contributed by atoms with Crippen LogP contribution < -0.4 is 15.4 Å². The monoisotopic (exact) mass is 367 g/mol. The Balaban J connectivity index is 2.00. The van der Waals surface area contributed by atoms with Crippen LogP contribution in [0, 0.1) is 13.8 Å². The Morgan fingerprint density at radius 3 is 2.77 bits per heavy atom. The molecule has 2 aromatic rings. The van der Waals surface area contributed by atoms with Crippen LogP contribution in [0.5, 0.6) is 5.75 Å². The van der Waals surface area contributed by atoms with Crippen LogP contribution in [0.2, 0.25) is 0 Å². The number of ether oxygens (including phenoxy) is 1. The predicted molar refractivity (Wildman–Crippen MR) is 93.4 cm³/mol. The van der Waals surface area contributed by atoms with Gasteiger partial charge in [0.05, 0.1) is 6.54 Å². The standard InChI is InChI=1S/C17H23F2N5O2/c1-4-20-17(21-8-7-15-23-12(3)24-26-15)22-10-13-9-11(2)5-6-14(13)25-16(18)19/h5-6,9,16H,4,7-8,10H2,1-3H3,(H2,20,21,22). The molecular weight excluding hydrogens is 344 g/mol. The molecule has 0 aliphatic carbocycles. The van der Waals surface area contributed by atoms with Gasteiger partial charge in [-0.25, -0.2) is 4.99 Å². The first-order chi connectivity index (χ1) is 12.5. The number of benzene rings is 1. The summed E-state index contributed by atoms with van der Waals surface area (Å²) in [5, 5.41) is 9.98. The molecule has 0 atom stereocenters. The average Bonchev–Trinajstić information content (AvgIpc) is 2.99. The van der Waals surface area contributed by atoms with Gasteiger partial charge in [-0.1, -0.05) is 22.9 Å². The number of aliphatic imine (C=N–C) groups is 1. The van der Waals surface area contributed by atoms with Gasteiger partial charge in [-0.3, -0.25) is 0 Å². The minimum Gasteiger partial charge on any atom is -0.434 e. The Morgan fingerprint density at radius 1 is 1.31 bits per heavy atom. The van der Waals surface area contributed by atoms with Gasteiger partial charge in [0.2, 0.25) is 5.89 Å². The Kier molecular flexibility index (Phi) is 7.31. The predicted octanol–water partition coefficient (Wildman–Crippen LogP) is 2.59. The zero-order valence-corrected chi connectivity index (χ0v) is 15.1. The van der Waals surface area contributed by atoms with Gasteiger partial charge in [0, 0.05) is 25.1 Å². The zero-order valence-electron chi connectivity index (χ0n) is 15.1. The van der Waals surface area contributed by atoms with Crippen LogP contribution in [0.1, 0.15) is 29.8 Å². The van der Waals surface area contributed by atoms with Crippen LogP contribution in [-0.2, 0) is 13.0 Å². The molecule has 0 fully saturated rings. The van der Waals surface area contributed by atoms with Crippen molar-refractivity contribution in [2.75, 3.05) is 13.1 Å². The molecule has 1 aromatic heterocycles. The summed E-state index contributed by atoms with van der Waals surface area (Å²) in [5.74, 6) is 1.82. The number of aryl methyl sites for hydroxylation is 2. The number of nitrogens with one attached hydrogen (secondary N) is 2. The Morgan fingerprint density at radius 2 is 2.12 bits per heavy atom. The largest absolute Gasteiger partial charge is 0.434 e. The summed E-state index contributed by atoms with van der Waals surface area (Å²) in [6.45, 7) is 4.13. The maximum atomic E-state index is 12.5. The number of alkyl halides is 2. The highest BCUT2D eigenvalue weighted by molar-refractivity contribution is 5.79. The maximum Gasteiger partial charge on any atom is 0.387 e.